The van der Waals surface area contributed by atoms with Gasteiger partial charge in [0.2, 0.25) is 0 Å². The van der Waals surface area contributed by atoms with E-state index in [9.17, 15) is 4.79 Å². The number of hydrogen-bond donors (Lipinski definition) is 0. The number of ketones is 1. The molecule has 0 rings (SSSR count). The second-order valence-corrected chi connectivity index (χ2v) is 3.07. The zero-order valence-electron chi connectivity index (χ0n) is 3.62. The predicted octanol–water partition coefficient (Wildman–Crippen LogP) is -0.373. The van der Waals surface area contributed by atoms with Gasteiger partial charge in [0, 0.05) is 0 Å². The average Bonchev–Trinajstić information content (AvgIpc) is 1.38. The second kappa shape index (κ2) is 2.76. The molecule has 0 aliphatic carbocycles. The minimum absolute atomic E-state index is 0.348. The molecule has 0 aromatic rings. The van der Waals surface area contributed by atoms with Crippen molar-refractivity contribution < 1.29 is 4.79 Å². The Labute approximate surface area is 46.3 Å². The summed E-state index contributed by atoms with van der Waals surface area (Å²) in [7, 11) is 0. The van der Waals surface area contributed by atoms with Gasteiger partial charge >= 0.3 is 46.1 Å². The molecule has 0 N–H and O–H groups in total. The van der Waals surface area contributed by atoms with Crippen molar-refractivity contribution in [3.8, 4) is 0 Å². The summed E-state index contributed by atoms with van der Waals surface area (Å²) in [6, 6.07) is 0. The van der Waals surface area contributed by atoms with E-state index in [0.717, 1.165) is 4.18 Å². The van der Waals surface area contributed by atoms with Crippen LogP contribution in [0.4, 0.5) is 0 Å². The molecule has 0 aliphatic rings. The summed E-state index contributed by atoms with van der Waals surface area (Å²) in [4.78, 5) is 9.86. The summed E-state index contributed by atoms with van der Waals surface area (Å²) in [5, 5.41) is 0. The van der Waals surface area contributed by atoms with E-state index in [2.05, 4.69) is 0 Å². The van der Waals surface area contributed by atoms with Gasteiger partial charge in [-0.25, -0.2) is 0 Å². The molecular weight excluding hydrogens is 167 g/mol. The van der Waals surface area contributed by atoms with E-state index in [1.165, 1.54) is 0 Å². The molecule has 28 valence electrons. The van der Waals surface area contributed by atoms with Gasteiger partial charge in [0.1, 0.15) is 0 Å². The Bertz CT molecular complexity index is 42.2. The Hall–Kier alpha value is 0.540. The Morgan fingerprint density at radius 3 is 2.20 bits per heavy atom. The molecule has 0 atom stereocenters. The molecule has 0 spiro atoms. The van der Waals surface area contributed by atoms with Gasteiger partial charge in [-0.3, -0.25) is 0 Å². The van der Waals surface area contributed by atoms with Crippen molar-refractivity contribution >= 4 is 30.2 Å². The number of carbonyl (C=O) groups is 1. The van der Waals surface area contributed by atoms with Crippen LogP contribution in [0.1, 0.15) is 6.92 Å². The molecule has 0 radical (unpaired) electrons. The van der Waals surface area contributed by atoms with E-state index < -0.39 is 0 Å². The van der Waals surface area contributed by atoms with E-state index >= 15 is 0 Å². The van der Waals surface area contributed by atoms with Gasteiger partial charge in [0.15, 0.2) is 0 Å². The van der Waals surface area contributed by atoms with Crippen LogP contribution in [-0.4, -0.2) is 30.2 Å². The van der Waals surface area contributed by atoms with Crippen LogP contribution in [0, 0.1) is 0 Å². The fourth-order valence-corrected chi connectivity index (χ4v) is 0. The average molecular weight is 174 g/mol. The first kappa shape index (κ1) is 5.54. The van der Waals surface area contributed by atoms with Crippen molar-refractivity contribution in [2.75, 3.05) is 0 Å². The van der Waals surface area contributed by atoms with Crippen molar-refractivity contribution in [1.29, 1.82) is 0 Å². The molecule has 1 nitrogen and oxygen atoms in total. The van der Waals surface area contributed by atoms with Crippen LogP contribution in [0.25, 0.3) is 0 Å². The van der Waals surface area contributed by atoms with Crippen LogP contribution < -0.4 is 0 Å². The van der Waals surface area contributed by atoms with Gasteiger partial charge in [0.05, 0.1) is 0 Å². The summed E-state index contributed by atoms with van der Waals surface area (Å²) >= 11 is 0.601. The van der Waals surface area contributed by atoms with Crippen LogP contribution in [0.3, 0.4) is 0 Å². The van der Waals surface area contributed by atoms with Crippen LogP contribution in [0.2, 0.25) is 4.18 Å². The molecule has 0 bridgehead atoms. The predicted molar refractivity (Wildman–Crippen MR) is 24.0 cm³/mol. The first-order chi connectivity index (χ1) is 2.27. The van der Waals surface area contributed by atoms with E-state index in [4.69, 9.17) is 0 Å². The van der Waals surface area contributed by atoms with E-state index in [1.54, 1.807) is 6.92 Å². The Morgan fingerprint density at radius 2 is 2.20 bits per heavy atom. The number of rotatable bonds is 1. The molecular formula is C3H7InO. The van der Waals surface area contributed by atoms with Gasteiger partial charge in [0.25, 0.3) is 0 Å². The van der Waals surface area contributed by atoms with Crippen LogP contribution in [-0.2, 0) is 4.79 Å². The number of Topliss-reactive ketones (excluding diaryl/α,β-unsaturated/α-hetero) is 1. The summed E-state index contributed by atoms with van der Waals surface area (Å²) in [5.41, 5.74) is 0. The molecule has 0 fully saturated rings. The van der Waals surface area contributed by atoms with Crippen LogP contribution >= 0.6 is 0 Å². The van der Waals surface area contributed by atoms with Crippen molar-refractivity contribution in [3.63, 3.8) is 0 Å². The van der Waals surface area contributed by atoms with Gasteiger partial charge in [-0.05, 0) is 0 Å². The fourth-order valence-electron chi connectivity index (χ4n) is 0. The van der Waals surface area contributed by atoms with Crippen molar-refractivity contribution in [2.45, 2.75) is 11.1 Å². The minimum atomic E-state index is 0.348. The molecule has 0 amide bonds. The first-order valence-electron chi connectivity index (χ1n) is 1.76. The Morgan fingerprint density at radius 1 is 2.00 bits per heavy atom. The third-order valence-corrected chi connectivity index (χ3v) is 3.34. The monoisotopic (exact) mass is 174 g/mol. The SMILES string of the molecule is CC(=O)[CH2][InH2]. The van der Waals surface area contributed by atoms with E-state index in [0.29, 0.717) is 30.2 Å². The molecule has 0 aromatic heterocycles. The third-order valence-electron chi connectivity index (χ3n) is 0.498. The molecule has 0 saturated heterocycles. The molecule has 0 unspecified atom stereocenters. The zero-order chi connectivity index (χ0) is 4.28. The molecule has 0 aliphatic heterocycles. The molecule has 5 heavy (non-hydrogen) atoms. The number of hydrogen-bond acceptors (Lipinski definition) is 1. The normalized spacial score (nSPS) is 7.40. The van der Waals surface area contributed by atoms with Gasteiger partial charge in [-0.2, -0.15) is 0 Å². The summed E-state index contributed by atoms with van der Waals surface area (Å²) in [6.45, 7) is 1.64. The maximum atomic E-state index is 9.86. The Balaban J connectivity index is 2.85. The second-order valence-electron chi connectivity index (χ2n) is 1.06. The maximum absolute atomic E-state index is 9.86. The van der Waals surface area contributed by atoms with Crippen LogP contribution in [0.15, 0.2) is 0 Å². The van der Waals surface area contributed by atoms with Crippen molar-refractivity contribution in [1.82, 2.24) is 0 Å². The van der Waals surface area contributed by atoms with Gasteiger partial charge < -0.3 is 0 Å². The third kappa shape index (κ3) is 4.54. The van der Waals surface area contributed by atoms with Crippen molar-refractivity contribution in [3.05, 3.63) is 0 Å². The van der Waals surface area contributed by atoms with E-state index in [-0.39, 0.29) is 0 Å². The standard InChI is InChI=1S/C3H5O.In.2H/c1-3(2)4;;;/h1H2,2H3;;;. The molecule has 2 heteroatoms. The molecule has 0 saturated carbocycles. The number of carbonyl (C=O) groups excluding carboxylic acids is 1. The molecule has 0 aromatic carbocycles. The van der Waals surface area contributed by atoms with Gasteiger partial charge in [-0.1, -0.05) is 0 Å². The fraction of sp³-hybridized carbons (Fsp3) is 0.667. The first-order valence-corrected chi connectivity index (χ1v) is 5.80. The van der Waals surface area contributed by atoms with E-state index in [1.807, 2.05) is 0 Å². The van der Waals surface area contributed by atoms with Crippen LogP contribution in [0.5, 0.6) is 0 Å². The molecule has 0 heterocycles. The summed E-state index contributed by atoms with van der Waals surface area (Å²) in [5.74, 6) is 0.348. The summed E-state index contributed by atoms with van der Waals surface area (Å²) < 4.78 is 0.877. The van der Waals surface area contributed by atoms with Gasteiger partial charge in [-0.15, -0.1) is 0 Å². The topological polar surface area (TPSA) is 17.1 Å². The quantitative estimate of drug-likeness (QED) is 0.529. The van der Waals surface area contributed by atoms with Crippen molar-refractivity contribution in [2.24, 2.45) is 0 Å². The summed E-state index contributed by atoms with van der Waals surface area (Å²) in [6.07, 6.45) is 0. The zero-order valence-corrected chi connectivity index (χ0v) is 9.32. The Kier molecular flexibility index (Phi) is 3.06.